The van der Waals surface area contributed by atoms with Gasteiger partial charge in [0.05, 0.1) is 0 Å². The summed E-state index contributed by atoms with van der Waals surface area (Å²) in [4.78, 5) is 29.1. The smallest absolute Gasteiger partial charge is 0.317 e. The molecule has 1 aromatic rings. The topological polar surface area (TPSA) is 52.7 Å². The van der Waals surface area contributed by atoms with Gasteiger partial charge in [-0.15, -0.1) is 0 Å². The zero-order valence-electron chi connectivity index (χ0n) is 17.0. The van der Waals surface area contributed by atoms with Gasteiger partial charge in [-0.2, -0.15) is 0 Å². The summed E-state index contributed by atoms with van der Waals surface area (Å²) in [5, 5.41) is 3.16. The number of nitrogens with one attached hydrogen (secondary N) is 1. The molecule has 3 fully saturated rings. The molecule has 3 aliphatic rings. The third kappa shape index (κ3) is 4.50. The minimum Gasteiger partial charge on any atom is -0.340 e. The van der Waals surface area contributed by atoms with Gasteiger partial charge in [0, 0.05) is 38.1 Å². The number of rotatable bonds is 4. The van der Waals surface area contributed by atoms with Crippen LogP contribution in [0.3, 0.4) is 0 Å². The van der Waals surface area contributed by atoms with Crippen molar-refractivity contribution in [3.8, 4) is 0 Å². The Balaban J connectivity index is 1.18. The Labute approximate surface area is 168 Å². The molecule has 0 bridgehead atoms. The third-order valence-corrected chi connectivity index (χ3v) is 6.63. The van der Waals surface area contributed by atoms with Crippen LogP contribution in [-0.2, 0) is 11.2 Å². The van der Waals surface area contributed by atoms with Crippen molar-refractivity contribution in [1.82, 2.24) is 15.1 Å². The zero-order valence-corrected chi connectivity index (χ0v) is 17.0. The number of carbonyl (C=O) groups excluding carboxylic acids is 2. The summed E-state index contributed by atoms with van der Waals surface area (Å²) in [7, 11) is 0. The SMILES string of the molecule is Cc1cccc(CC2CN(C(=O)NC3CCN(C(=O)C4CCCCC4)C3)C2)c1. The maximum Gasteiger partial charge on any atom is 0.317 e. The summed E-state index contributed by atoms with van der Waals surface area (Å²) < 4.78 is 0. The summed E-state index contributed by atoms with van der Waals surface area (Å²) in [5.41, 5.74) is 2.65. The Morgan fingerprint density at radius 1 is 1.04 bits per heavy atom. The van der Waals surface area contributed by atoms with Gasteiger partial charge < -0.3 is 15.1 Å². The number of amides is 3. The van der Waals surface area contributed by atoms with Gasteiger partial charge in [0.2, 0.25) is 5.91 Å². The van der Waals surface area contributed by atoms with Gasteiger partial charge in [-0.3, -0.25) is 4.79 Å². The van der Waals surface area contributed by atoms with Crippen LogP contribution in [0.4, 0.5) is 4.79 Å². The normalized spacial score (nSPS) is 23.5. The van der Waals surface area contributed by atoms with Gasteiger partial charge in [-0.05, 0) is 44.1 Å². The van der Waals surface area contributed by atoms with Crippen LogP contribution >= 0.6 is 0 Å². The highest BCUT2D eigenvalue weighted by atomic mass is 16.2. The predicted octanol–water partition coefficient (Wildman–Crippen LogP) is 3.36. The van der Waals surface area contributed by atoms with Crippen LogP contribution in [0.2, 0.25) is 0 Å². The van der Waals surface area contributed by atoms with Crippen molar-refractivity contribution in [3.63, 3.8) is 0 Å². The second kappa shape index (κ2) is 8.54. The van der Waals surface area contributed by atoms with E-state index < -0.39 is 0 Å². The quantitative estimate of drug-likeness (QED) is 0.867. The maximum atomic E-state index is 12.7. The maximum absolute atomic E-state index is 12.7. The molecule has 0 radical (unpaired) electrons. The number of aryl methyl sites for hydroxylation is 1. The van der Waals surface area contributed by atoms with E-state index in [1.165, 1.54) is 30.4 Å². The first kappa shape index (κ1) is 19.3. The number of urea groups is 1. The second-order valence-corrected chi connectivity index (χ2v) is 9.02. The lowest BCUT2D eigenvalue weighted by atomic mass is 9.88. The van der Waals surface area contributed by atoms with Gasteiger partial charge >= 0.3 is 6.03 Å². The molecule has 2 heterocycles. The molecule has 28 heavy (non-hydrogen) atoms. The van der Waals surface area contributed by atoms with Crippen molar-refractivity contribution in [2.24, 2.45) is 11.8 Å². The highest BCUT2D eigenvalue weighted by Crippen LogP contribution is 2.27. The molecule has 1 saturated carbocycles. The molecule has 0 spiro atoms. The highest BCUT2D eigenvalue weighted by molar-refractivity contribution is 5.80. The summed E-state index contributed by atoms with van der Waals surface area (Å²) in [6.45, 7) is 5.25. The van der Waals surface area contributed by atoms with Crippen LogP contribution in [0.15, 0.2) is 24.3 Å². The molecule has 1 unspecified atom stereocenters. The zero-order chi connectivity index (χ0) is 19.5. The van der Waals surface area contributed by atoms with Gasteiger partial charge in [0.15, 0.2) is 0 Å². The Morgan fingerprint density at radius 2 is 1.82 bits per heavy atom. The summed E-state index contributed by atoms with van der Waals surface area (Å²) in [6.07, 6.45) is 7.64. The molecule has 0 aromatic heterocycles. The fourth-order valence-electron chi connectivity index (χ4n) is 4.99. The van der Waals surface area contributed by atoms with E-state index in [0.29, 0.717) is 18.4 Å². The van der Waals surface area contributed by atoms with Crippen LogP contribution in [0.25, 0.3) is 0 Å². The number of nitrogens with zero attached hydrogens (tertiary/aromatic N) is 2. The van der Waals surface area contributed by atoms with E-state index in [-0.39, 0.29) is 18.0 Å². The molecule has 5 heteroatoms. The Bertz CT molecular complexity index is 708. The summed E-state index contributed by atoms with van der Waals surface area (Å²) in [5.74, 6) is 1.10. The lowest BCUT2D eigenvalue weighted by Crippen LogP contribution is -2.56. The first-order valence-corrected chi connectivity index (χ1v) is 11.0. The average Bonchev–Trinajstić information content (AvgIpc) is 3.13. The van der Waals surface area contributed by atoms with E-state index in [1.807, 2.05) is 9.80 Å². The fourth-order valence-corrected chi connectivity index (χ4v) is 4.99. The van der Waals surface area contributed by atoms with E-state index >= 15 is 0 Å². The second-order valence-electron chi connectivity index (χ2n) is 9.02. The largest absolute Gasteiger partial charge is 0.340 e. The molecular weight excluding hydrogens is 350 g/mol. The van der Waals surface area contributed by atoms with Crippen molar-refractivity contribution in [2.45, 2.75) is 57.9 Å². The van der Waals surface area contributed by atoms with Crippen LogP contribution in [-0.4, -0.2) is 54.0 Å². The van der Waals surface area contributed by atoms with Crippen molar-refractivity contribution >= 4 is 11.9 Å². The van der Waals surface area contributed by atoms with Crippen LogP contribution in [0.1, 0.15) is 49.7 Å². The molecule has 3 amide bonds. The molecule has 2 saturated heterocycles. The van der Waals surface area contributed by atoms with Crippen LogP contribution in [0, 0.1) is 18.8 Å². The Morgan fingerprint density at radius 3 is 2.57 bits per heavy atom. The number of hydrogen-bond donors (Lipinski definition) is 1. The van der Waals surface area contributed by atoms with Crippen molar-refractivity contribution in [3.05, 3.63) is 35.4 Å². The van der Waals surface area contributed by atoms with Crippen LogP contribution < -0.4 is 5.32 Å². The van der Waals surface area contributed by atoms with Gasteiger partial charge in [0.25, 0.3) is 0 Å². The molecule has 1 atom stereocenters. The molecule has 152 valence electrons. The van der Waals surface area contributed by atoms with Gasteiger partial charge in [-0.1, -0.05) is 49.1 Å². The van der Waals surface area contributed by atoms with E-state index in [4.69, 9.17) is 0 Å². The lowest BCUT2D eigenvalue weighted by molar-refractivity contribution is -0.135. The number of hydrogen-bond acceptors (Lipinski definition) is 2. The number of carbonyl (C=O) groups is 2. The molecular formula is C23H33N3O2. The molecule has 4 rings (SSSR count). The number of likely N-dealkylation sites (tertiary alicyclic amines) is 2. The average molecular weight is 384 g/mol. The molecule has 5 nitrogen and oxygen atoms in total. The predicted molar refractivity (Wildman–Crippen MR) is 110 cm³/mol. The third-order valence-electron chi connectivity index (χ3n) is 6.63. The minimum absolute atomic E-state index is 0.0393. The molecule has 1 aliphatic carbocycles. The molecule has 1 aromatic carbocycles. The van der Waals surface area contributed by atoms with E-state index in [1.54, 1.807) is 0 Å². The van der Waals surface area contributed by atoms with E-state index in [0.717, 1.165) is 45.3 Å². The fraction of sp³-hybridized carbons (Fsp3) is 0.652. The standard InChI is InChI=1S/C23H33N3O2/c1-17-6-5-7-18(12-17)13-19-14-26(15-19)23(28)24-21-10-11-25(16-21)22(27)20-8-3-2-4-9-20/h5-7,12,19-21H,2-4,8-11,13-16H2,1H3,(H,24,28). The first-order valence-electron chi connectivity index (χ1n) is 11.0. The Kier molecular flexibility index (Phi) is 5.88. The van der Waals surface area contributed by atoms with Crippen molar-refractivity contribution in [1.29, 1.82) is 0 Å². The first-order chi connectivity index (χ1) is 13.6. The van der Waals surface area contributed by atoms with Crippen molar-refractivity contribution in [2.75, 3.05) is 26.2 Å². The minimum atomic E-state index is 0.0393. The van der Waals surface area contributed by atoms with Gasteiger partial charge in [-0.25, -0.2) is 4.79 Å². The van der Waals surface area contributed by atoms with E-state index in [2.05, 4.69) is 36.5 Å². The number of benzene rings is 1. The van der Waals surface area contributed by atoms with Gasteiger partial charge in [0.1, 0.15) is 0 Å². The molecule has 2 aliphatic heterocycles. The summed E-state index contributed by atoms with van der Waals surface area (Å²) >= 11 is 0. The monoisotopic (exact) mass is 383 g/mol. The van der Waals surface area contributed by atoms with E-state index in [9.17, 15) is 9.59 Å². The Hall–Kier alpha value is -2.04. The summed E-state index contributed by atoms with van der Waals surface area (Å²) in [6, 6.07) is 8.78. The molecule has 1 N–H and O–H groups in total. The van der Waals surface area contributed by atoms with Crippen LogP contribution in [0.5, 0.6) is 0 Å². The lowest BCUT2D eigenvalue weighted by Gasteiger charge is -2.40. The highest BCUT2D eigenvalue weighted by Gasteiger charge is 2.35. The van der Waals surface area contributed by atoms with Crippen molar-refractivity contribution < 1.29 is 9.59 Å².